The van der Waals surface area contributed by atoms with Crippen molar-refractivity contribution in [3.8, 4) is 5.88 Å². The molecule has 2 aliphatic heterocycles. The minimum Gasteiger partial charge on any atom is -0.481 e. The summed E-state index contributed by atoms with van der Waals surface area (Å²) in [6.45, 7) is 3.42. The van der Waals surface area contributed by atoms with Crippen molar-refractivity contribution in [3.63, 3.8) is 0 Å². The highest BCUT2D eigenvalue weighted by atomic mass is 19.4. The van der Waals surface area contributed by atoms with Gasteiger partial charge in [-0.1, -0.05) is 6.92 Å². The van der Waals surface area contributed by atoms with Crippen LogP contribution in [-0.2, 0) is 23.5 Å². The fraction of sp³-hybridized carbons (Fsp3) is 0.448. The number of alkyl halides is 6. The maximum atomic E-state index is 13.6. The molecule has 1 amide bonds. The molecule has 0 unspecified atom stereocenters. The number of benzene rings is 1. The molecule has 4 heterocycles. The Labute approximate surface area is 254 Å². The van der Waals surface area contributed by atoms with E-state index >= 15 is 0 Å². The van der Waals surface area contributed by atoms with Gasteiger partial charge in [0.1, 0.15) is 0 Å². The highest BCUT2D eigenvalue weighted by Gasteiger charge is 2.38. The first-order valence-electron chi connectivity index (χ1n) is 14.1. The van der Waals surface area contributed by atoms with E-state index in [1.807, 2.05) is 11.8 Å². The van der Waals surface area contributed by atoms with Crippen molar-refractivity contribution in [2.24, 2.45) is 0 Å². The Bertz CT molecular complexity index is 1510. The number of carboxylic acid groups (broad SMARTS) is 1. The van der Waals surface area contributed by atoms with E-state index in [2.05, 4.69) is 20.3 Å². The predicted molar refractivity (Wildman–Crippen MR) is 151 cm³/mol. The summed E-state index contributed by atoms with van der Waals surface area (Å²) in [6.07, 6.45) is -9.27. The largest absolute Gasteiger partial charge is 0.481 e. The van der Waals surface area contributed by atoms with Crippen molar-refractivity contribution < 1.29 is 45.7 Å². The van der Waals surface area contributed by atoms with Crippen LogP contribution < -0.4 is 19.9 Å². The summed E-state index contributed by atoms with van der Waals surface area (Å²) in [4.78, 5) is 28.7. The Morgan fingerprint density at radius 2 is 1.71 bits per heavy atom. The van der Waals surface area contributed by atoms with Crippen LogP contribution in [0.25, 0.3) is 0 Å². The van der Waals surface area contributed by atoms with Gasteiger partial charge in [0.2, 0.25) is 11.8 Å². The SMILES string of the molecule is CC[C@@H]1C[C@H](Nc2ncc(N3CCOCC3)c(Cc3cc(C(F)(F)F)cc(C(F)(F)F)c3)n2)c2nc(OC)ccc2N1C(=O)O. The third-order valence-electron chi connectivity index (χ3n) is 7.75. The average Bonchev–Trinajstić information content (AvgIpc) is 3.00. The molecule has 1 fully saturated rings. The standard InChI is InChI=1S/C29H30F6N6O4/c1-3-19-14-21(25-22(41(19)27(42)43)4-5-24(39-25)44-2)38-26-36-15-23(40-6-8-45-9-7-40)20(37-26)12-16-10-17(28(30,31)32)13-18(11-16)29(33,34)35/h4-5,10-11,13,15,19,21H,3,6-9,12,14H2,1-2H3,(H,42,43)(H,36,37,38)/t19-,21+/m1/s1. The summed E-state index contributed by atoms with van der Waals surface area (Å²) in [5.41, 5.74) is -1.71. The van der Waals surface area contributed by atoms with E-state index in [4.69, 9.17) is 9.47 Å². The molecular weight excluding hydrogens is 610 g/mol. The van der Waals surface area contributed by atoms with Gasteiger partial charge in [0.25, 0.3) is 0 Å². The lowest BCUT2D eigenvalue weighted by atomic mass is 9.93. The fourth-order valence-electron chi connectivity index (χ4n) is 5.59. The van der Waals surface area contributed by atoms with Crippen molar-refractivity contribution in [1.82, 2.24) is 15.0 Å². The van der Waals surface area contributed by atoms with Crippen LogP contribution in [0.5, 0.6) is 5.88 Å². The van der Waals surface area contributed by atoms with Crippen LogP contribution in [0.1, 0.15) is 53.9 Å². The first-order valence-corrected chi connectivity index (χ1v) is 14.1. The van der Waals surface area contributed by atoms with Gasteiger partial charge in [-0.2, -0.15) is 26.3 Å². The molecule has 2 N–H and O–H groups in total. The molecule has 1 aromatic carbocycles. The predicted octanol–water partition coefficient (Wildman–Crippen LogP) is 6.17. The maximum absolute atomic E-state index is 13.6. The van der Waals surface area contributed by atoms with E-state index in [1.54, 1.807) is 12.1 Å². The van der Waals surface area contributed by atoms with Gasteiger partial charge >= 0.3 is 18.4 Å². The normalized spacial score (nSPS) is 18.8. The molecule has 10 nitrogen and oxygen atoms in total. The molecule has 0 aliphatic carbocycles. The second-order valence-electron chi connectivity index (χ2n) is 10.6. The fourth-order valence-corrected chi connectivity index (χ4v) is 5.59. The Hall–Kier alpha value is -4.34. The van der Waals surface area contributed by atoms with E-state index < -0.39 is 41.7 Å². The van der Waals surface area contributed by atoms with Crippen molar-refractivity contribution in [2.75, 3.05) is 48.5 Å². The lowest BCUT2D eigenvalue weighted by Gasteiger charge is -2.38. The highest BCUT2D eigenvalue weighted by molar-refractivity contribution is 5.88. The van der Waals surface area contributed by atoms with Crippen molar-refractivity contribution in [1.29, 1.82) is 0 Å². The van der Waals surface area contributed by atoms with Crippen LogP contribution in [-0.4, -0.2) is 65.6 Å². The number of carbonyl (C=O) groups is 1. The number of aromatic nitrogens is 3. The highest BCUT2D eigenvalue weighted by Crippen LogP contribution is 2.40. The van der Waals surface area contributed by atoms with Gasteiger partial charge in [0.15, 0.2) is 0 Å². The smallest absolute Gasteiger partial charge is 0.416 e. The second kappa shape index (κ2) is 12.6. The first kappa shape index (κ1) is 32.1. The third kappa shape index (κ3) is 7.00. The van der Waals surface area contributed by atoms with Crippen LogP contribution in [0, 0.1) is 0 Å². The van der Waals surface area contributed by atoms with Crippen molar-refractivity contribution in [3.05, 3.63) is 64.6 Å². The molecule has 0 radical (unpaired) electrons. The third-order valence-corrected chi connectivity index (χ3v) is 7.75. The number of pyridine rings is 1. The van der Waals surface area contributed by atoms with Gasteiger partial charge in [0, 0.05) is 31.6 Å². The minimum absolute atomic E-state index is 0.0456. The summed E-state index contributed by atoms with van der Waals surface area (Å²) >= 11 is 0. The number of amides is 1. The zero-order chi connectivity index (χ0) is 32.5. The zero-order valence-electron chi connectivity index (χ0n) is 24.2. The Balaban J connectivity index is 1.56. The van der Waals surface area contributed by atoms with E-state index in [9.17, 15) is 36.2 Å². The van der Waals surface area contributed by atoms with Gasteiger partial charge < -0.3 is 24.8 Å². The van der Waals surface area contributed by atoms with Crippen LogP contribution in [0.15, 0.2) is 36.5 Å². The number of methoxy groups -OCH3 is 1. The monoisotopic (exact) mass is 640 g/mol. The van der Waals surface area contributed by atoms with Crippen molar-refractivity contribution >= 4 is 23.4 Å². The maximum Gasteiger partial charge on any atom is 0.416 e. The number of nitrogens with zero attached hydrogens (tertiary/aromatic N) is 5. The number of nitrogens with one attached hydrogen (secondary N) is 1. The van der Waals surface area contributed by atoms with Gasteiger partial charge in [-0.3, -0.25) is 4.90 Å². The molecule has 3 aromatic rings. The van der Waals surface area contributed by atoms with Crippen LogP contribution in [0.2, 0.25) is 0 Å². The van der Waals surface area contributed by atoms with E-state index in [0.717, 1.165) is 0 Å². The van der Waals surface area contributed by atoms with E-state index in [0.29, 0.717) is 61.9 Å². The second-order valence-corrected chi connectivity index (χ2v) is 10.6. The molecule has 2 atom stereocenters. The summed E-state index contributed by atoms with van der Waals surface area (Å²) in [6, 6.07) is 3.57. The number of morpholine rings is 1. The molecule has 45 heavy (non-hydrogen) atoms. The quantitative estimate of drug-likeness (QED) is 0.293. The molecule has 0 spiro atoms. The molecule has 0 saturated carbocycles. The summed E-state index contributed by atoms with van der Waals surface area (Å²) in [5, 5.41) is 13.1. The molecule has 0 bridgehead atoms. The van der Waals surface area contributed by atoms with Crippen molar-refractivity contribution in [2.45, 2.75) is 50.6 Å². The van der Waals surface area contributed by atoms with E-state index in [1.165, 1.54) is 18.2 Å². The molecule has 2 aromatic heterocycles. The number of halogens is 6. The first-order chi connectivity index (χ1) is 21.3. The van der Waals surface area contributed by atoms with Gasteiger partial charge in [-0.25, -0.2) is 19.7 Å². The lowest BCUT2D eigenvalue weighted by molar-refractivity contribution is -0.143. The molecule has 1 saturated heterocycles. The Morgan fingerprint density at radius 1 is 1.04 bits per heavy atom. The molecule has 2 aliphatic rings. The average molecular weight is 641 g/mol. The molecular formula is C29H30F6N6O4. The molecule has 5 rings (SSSR count). The number of ether oxygens (including phenoxy) is 2. The Kier molecular flexibility index (Phi) is 8.96. The number of fused-ring (bicyclic) bond motifs is 1. The summed E-state index contributed by atoms with van der Waals surface area (Å²) < 4.78 is 92.3. The summed E-state index contributed by atoms with van der Waals surface area (Å²) in [7, 11) is 1.42. The number of rotatable bonds is 7. The molecule has 16 heteroatoms. The van der Waals surface area contributed by atoms with Crippen LogP contribution in [0.3, 0.4) is 0 Å². The van der Waals surface area contributed by atoms with Crippen LogP contribution in [0.4, 0.5) is 48.5 Å². The van der Waals surface area contributed by atoms with Gasteiger partial charge in [-0.05, 0) is 42.7 Å². The van der Waals surface area contributed by atoms with Gasteiger partial charge in [0.05, 0.1) is 66.5 Å². The topological polar surface area (TPSA) is 113 Å². The number of anilines is 3. The zero-order valence-corrected chi connectivity index (χ0v) is 24.2. The van der Waals surface area contributed by atoms with E-state index in [-0.39, 0.29) is 42.0 Å². The summed E-state index contributed by atoms with van der Waals surface area (Å²) in [5.74, 6) is 0.291. The number of hydrogen-bond donors (Lipinski definition) is 2. The lowest BCUT2D eigenvalue weighted by Crippen LogP contribution is -2.45. The minimum atomic E-state index is -5.00. The Morgan fingerprint density at radius 3 is 2.29 bits per heavy atom. The van der Waals surface area contributed by atoms with Gasteiger partial charge in [-0.15, -0.1) is 0 Å². The van der Waals surface area contributed by atoms with Crippen LogP contribution >= 0.6 is 0 Å². The number of hydrogen-bond acceptors (Lipinski definition) is 8. The molecule has 242 valence electrons.